The first-order chi connectivity index (χ1) is 7.67. The molecular weight excluding hydrogens is 276 g/mol. The van der Waals surface area contributed by atoms with Crippen LogP contribution in [-0.2, 0) is 4.79 Å². The number of likely N-dealkylation sites (N-methyl/N-ethyl adjacent to an activating group) is 1. The van der Waals surface area contributed by atoms with Crippen molar-refractivity contribution in [3.05, 3.63) is 33.1 Å². The Kier molecular flexibility index (Phi) is 4.63. The van der Waals surface area contributed by atoms with Crippen molar-refractivity contribution in [2.24, 2.45) is 5.11 Å². The van der Waals surface area contributed by atoms with Crippen molar-refractivity contribution in [1.82, 2.24) is 5.32 Å². The molecule has 0 bridgehead atoms. The Morgan fingerprint density at radius 3 is 3.06 bits per heavy atom. The molecule has 16 heavy (non-hydrogen) atoms. The second-order valence-electron chi connectivity index (χ2n) is 2.76. The van der Waals surface area contributed by atoms with Crippen molar-refractivity contribution in [3.63, 3.8) is 0 Å². The summed E-state index contributed by atoms with van der Waals surface area (Å²) in [4.78, 5) is 13.6. The highest BCUT2D eigenvalue weighted by Gasteiger charge is 2.03. The molecule has 84 valence electrons. The van der Waals surface area contributed by atoms with Crippen LogP contribution in [0, 0.1) is 0 Å². The lowest BCUT2D eigenvalue weighted by Gasteiger charge is -2.06. The molecule has 0 unspecified atom stereocenters. The predicted molar refractivity (Wildman–Crippen MR) is 62.5 cm³/mol. The highest BCUT2D eigenvalue weighted by Crippen LogP contribution is 2.29. The van der Waals surface area contributed by atoms with Gasteiger partial charge in [-0.25, -0.2) is 0 Å². The van der Waals surface area contributed by atoms with Gasteiger partial charge >= 0.3 is 0 Å². The number of benzene rings is 1. The number of hydrogen-bond donors (Lipinski definition) is 1. The standard InChI is InChI=1S/C9H9BrN4O2/c1-12-9(15)5-16-6-2-3-7(10)8(4-6)13-14-11/h2-4H,5H2,1H3,(H,12,15). The van der Waals surface area contributed by atoms with Crippen LogP contribution in [0.4, 0.5) is 5.69 Å². The van der Waals surface area contributed by atoms with Crippen molar-refractivity contribution in [1.29, 1.82) is 0 Å². The van der Waals surface area contributed by atoms with Gasteiger partial charge in [-0.2, -0.15) is 0 Å². The van der Waals surface area contributed by atoms with Gasteiger partial charge in [0.05, 0.1) is 5.69 Å². The molecular formula is C9H9BrN4O2. The minimum atomic E-state index is -0.228. The van der Waals surface area contributed by atoms with Crippen molar-refractivity contribution in [2.75, 3.05) is 13.7 Å². The first-order valence-electron chi connectivity index (χ1n) is 4.35. The Balaban J connectivity index is 2.78. The number of ether oxygens (including phenoxy) is 1. The van der Waals surface area contributed by atoms with Crippen LogP contribution in [0.5, 0.6) is 5.75 Å². The number of carbonyl (C=O) groups excluding carboxylic acids is 1. The predicted octanol–water partition coefficient (Wildman–Crippen LogP) is 2.52. The van der Waals surface area contributed by atoms with Gasteiger partial charge in [0.2, 0.25) is 0 Å². The second-order valence-corrected chi connectivity index (χ2v) is 3.62. The zero-order valence-corrected chi connectivity index (χ0v) is 10.1. The van der Waals surface area contributed by atoms with E-state index in [1.807, 2.05) is 0 Å². The molecule has 0 heterocycles. The lowest BCUT2D eigenvalue weighted by atomic mass is 10.3. The van der Waals surface area contributed by atoms with Crippen LogP contribution in [-0.4, -0.2) is 19.6 Å². The normalized spacial score (nSPS) is 9.12. The summed E-state index contributed by atoms with van der Waals surface area (Å²) in [6, 6.07) is 4.90. The molecule has 0 aliphatic rings. The summed E-state index contributed by atoms with van der Waals surface area (Å²) in [5, 5.41) is 5.90. The quantitative estimate of drug-likeness (QED) is 0.523. The van der Waals surface area contributed by atoms with Gasteiger partial charge in [0, 0.05) is 16.4 Å². The minimum absolute atomic E-state index is 0.0756. The average molecular weight is 285 g/mol. The van der Waals surface area contributed by atoms with Crippen molar-refractivity contribution >= 4 is 27.5 Å². The SMILES string of the molecule is CNC(=O)COc1ccc(Br)c(N=[N+]=[N-])c1. The molecule has 0 aromatic heterocycles. The Morgan fingerprint density at radius 2 is 2.44 bits per heavy atom. The molecule has 0 aliphatic carbocycles. The van der Waals surface area contributed by atoms with Crippen LogP contribution in [0.3, 0.4) is 0 Å². The number of halogens is 1. The smallest absolute Gasteiger partial charge is 0.257 e. The third-order valence-electron chi connectivity index (χ3n) is 1.72. The number of rotatable bonds is 4. The summed E-state index contributed by atoms with van der Waals surface area (Å²) in [6.07, 6.45) is 0. The molecule has 1 aromatic rings. The molecule has 0 atom stereocenters. The molecule has 0 fully saturated rings. The molecule has 0 aliphatic heterocycles. The van der Waals surface area contributed by atoms with E-state index in [0.29, 0.717) is 15.9 Å². The summed E-state index contributed by atoms with van der Waals surface area (Å²) in [7, 11) is 1.53. The first-order valence-corrected chi connectivity index (χ1v) is 5.14. The summed E-state index contributed by atoms with van der Waals surface area (Å²) >= 11 is 3.23. The Labute approximate surface area is 100 Å². The maximum Gasteiger partial charge on any atom is 0.257 e. The molecule has 1 rings (SSSR count). The van der Waals surface area contributed by atoms with E-state index in [0.717, 1.165) is 0 Å². The van der Waals surface area contributed by atoms with E-state index < -0.39 is 0 Å². The number of nitrogens with one attached hydrogen (secondary N) is 1. The number of amides is 1. The molecule has 6 nitrogen and oxygen atoms in total. The van der Waals surface area contributed by atoms with Gasteiger partial charge in [-0.1, -0.05) is 21.0 Å². The van der Waals surface area contributed by atoms with E-state index in [2.05, 4.69) is 31.3 Å². The number of nitrogens with zero attached hydrogens (tertiary/aromatic N) is 3. The van der Waals surface area contributed by atoms with Gasteiger partial charge in [-0.3, -0.25) is 4.79 Å². The summed E-state index contributed by atoms with van der Waals surface area (Å²) < 4.78 is 5.85. The van der Waals surface area contributed by atoms with Gasteiger partial charge < -0.3 is 10.1 Å². The molecule has 7 heteroatoms. The van der Waals surface area contributed by atoms with E-state index in [9.17, 15) is 4.79 Å². The third kappa shape index (κ3) is 3.45. The fraction of sp³-hybridized carbons (Fsp3) is 0.222. The fourth-order valence-electron chi connectivity index (χ4n) is 0.928. The molecule has 1 amide bonds. The molecule has 0 spiro atoms. The summed E-state index contributed by atoms with van der Waals surface area (Å²) in [5.74, 6) is 0.238. The zero-order chi connectivity index (χ0) is 12.0. The van der Waals surface area contributed by atoms with E-state index >= 15 is 0 Å². The Morgan fingerprint density at radius 1 is 1.69 bits per heavy atom. The first kappa shape index (κ1) is 12.4. The topological polar surface area (TPSA) is 87.1 Å². The van der Waals surface area contributed by atoms with E-state index in [1.54, 1.807) is 18.2 Å². The van der Waals surface area contributed by atoms with Crippen LogP contribution in [0.1, 0.15) is 0 Å². The van der Waals surface area contributed by atoms with Gasteiger partial charge in [0.25, 0.3) is 5.91 Å². The molecule has 1 aromatic carbocycles. The van der Waals surface area contributed by atoms with Crippen molar-refractivity contribution in [2.45, 2.75) is 0 Å². The maximum atomic E-state index is 10.9. The fourth-order valence-corrected chi connectivity index (χ4v) is 1.25. The molecule has 0 radical (unpaired) electrons. The summed E-state index contributed by atoms with van der Waals surface area (Å²) in [5.41, 5.74) is 8.74. The highest BCUT2D eigenvalue weighted by molar-refractivity contribution is 9.10. The van der Waals surface area contributed by atoms with Gasteiger partial charge in [0.15, 0.2) is 6.61 Å². The van der Waals surface area contributed by atoms with Crippen LogP contribution in [0.2, 0.25) is 0 Å². The van der Waals surface area contributed by atoms with Gasteiger partial charge in [-0.05, 0) is 23.7 Å². The third-order valence-corrected chi connectivity index (χ3v) is 2.39. The van der Waals surface area contributed by atoms with Crippen LogP contribution in [0.25, 0.3) is 10.4 Å². The van der Waals surface area contributed by atoms with E-state index in [1.165, 1.54) is 7.05 Å². The number of carbonyl (C=O) groups is 1. The Hall–Kier alpha value is -1.72. The van der Waals surface area contributed by atoms with Crippen LogP contribution >= 0.6 is 15.9 Å². The largest absolute Gasteiger partial charge is 0.484 e. The number of azide groups is 1. The van der Waals surface area contributed by atoms with E-state index in [-0.39, 0.29) is 12.5 Å². The van der Waals surface area contributed by atoms with Crippen LogP contribution in [0.15, 0.2) is 27.8 Å². The average Bonchev–Trinajstić information content (AvgIpc) is 2.30. The monoisotopic (exact) mass is 284 g/mol. The second kappa shape index (κ2) is 5.99. The minimum Gasteiger partial charge on any atom is -0.484 e. The number of hydrogen-bond acceptors (Lipinski definition) is 3. The molecule has 1 N–H and O–H groups in total. The highest BCUT2D eigenvalue weighted by atomic mass is 79.9. The van der Waals surface area contributed by atoms with Gasteiger partial charge in [-0.15, -0.1) is 0 Å². The Bertz CT molecular complexity index is 443. The summed E-state index contributed by atoms with van der Waals surface area (Å²) in [6.45, 7) is -0.0756. The lowest BCUT2D eigenvalue weighted by Crippen LogP contribution is -2.24. The zero-order valence-electron chi connectivity index (χ0n) is 8.48. The van der Waals surface area contributed by atoms with Crippen molar-refractivity contribution < 1.29 is 9.53 Å². The lowest BCUT2D eigenvalue weighted by molar-refractivity contribution is -0.122. The molecule has 0 saturated heterocycles. The van der Waals surface area contributed by atoms with Gasteiger partial charge in [0.1, 0.15) is 5.75 Å². The molecule has 0 saturated carbocycles. The van der Waals surface area contributed by atoms with E-state index in [4.69, 9.17) is 10.3 Å². The van der Waals surface area contributed by atoms with Crippen molar-refractivity contribution in [3.8, 4) is 5.75 Å². The van der Waals surface area contributed by atoms with Crippen LogP contribution < -0.4 is 10.1 Å². The maximum absolute atomic E-state index is 10.9.